The molecule has 0 aromatic carbocycles. The lowest BCUT2D eigenvalue weighted by Crippen LogP contribution is -1.70. The van der Waals surface area contributed by atoms with Crippen LogP contribution < -0.4 is 0 Å². The van der Waals surface area contributed by atoms with Crippen molar-refractivity contribution in [2.24, 2.45) is 0 Å². The highest BCUT2D eigenvalue weighted by Crippen LogP contribution is 2.19. The molecule has 0 atom stereocenters. The molecule has 0 N–H and O–H groups in total. The van der Waals surface area contributed by atoms with Gasteiger partial charge < -0.3 is 8.83 Å². The monoisotopic (exact) mass is 148 g/mol. The number of oxazole rings is 1. The largest absolute Gasteiger partial charge is 0.431 e. The van der Waals surface area contributed by atoms with Crippen molar-refractivity contribution in [2.45, 2.75) is 6.92 Å². The Labute approximate surface area is 62.0 Å². The van der Waals surface area contributed by atoms with E-state index in [9.17, 15) is 0 Å². The molecule has 54 valence electrons. The lowest BCUT2D eigenvalue weighted by molar-refractivity contribution is 0.455. The lowest BCUT2D eigenvalue weighted by atomic mass is 10.3. The summed E-state index contributed by atoms with van der Waals surface area (Å²) in [4.78, 5) is 3.96. The Morgan fingerprint density at radius 1 is 1.64 bits per heavy atom. The first-order valence-corrected chi connectivity index (χ1v) is 3.06. The predicted octanol–water partition coefficient (Wildman–Crippen LogP) is 1.60. The number of fused-ring (bicyclic) bond motifs is 1. The van der Waals surface area contributed by atoms with Crippen LogP contribution in [0.1, 0.15) is 11.5 Å². The van der Waals surface area contributed by atoms with Crippen molar-refractivity contribution >= 4 is 11.3 Å². The SMILES string of the molecule is Cc1nc2c(C#N)coc2o1. The van der Waals surface area contributed by atoms with Gasteiger partial charge in [0, 0.05) is 6.92 Å². The molecule has 0 fully saturated rings. The number of nitriles is 1. The number of hydrogen-bond donors (Lipinski definition) is 0. The van der Waals surface area contributed by atoms with E-state index < -0.39 is 0 Å². The molecule has 0 bridgehead atoms. The summed E-state index contributed by atoms with van der Waals surface area (Å²) in [5.41, 5.74) is 0.918. The molecule has 0 unspecified atom stereocenters. The van der Waals surface area contributed by atoms with E-state index in [-0.39, 0.29) is 0 Å². The Kier molecular flexibility index (Phi) is 1.01. The zero-order valence-corrected chi connectivity index (χ0v) is 5.79. The fourth-order valence-electron chi connectivity index (χ4n) is 0.906. The second-order valence-corrected chi connectivity index (χ2v) is 2.13. The molecule has 0 spiro atoms. The molecule has 0 radical (unpaired) electrons. The molecule has 0 aliphatic rings. The molecular formula is C7H4N2O2. The molecule has 2 rings (SSSR count). The Bertz CT molecular complexity index is 433. The van der Waals surface area contributed by atoms with Crippen LogP contribution in [0.15, 0.2) is 15.1 Å². The third-order valence-electron chi connectivity index (χ3n) is 1.36. The zero-order chi connectivity index (χ0) is 7.84. The minimum Gasteiger partial charge on any atom is -0.431 e. The van der Waals surface area contributed by atoms with Crippen LogP contribution in [0.2, 0.25) is 0 Å². The van der Waals surface area contributed by atoms with Crippen molar-refractivity contribution in [3.8, 4) is 6.07 Å². The van der Waals surface area contributed by atoms with Crippen LogP contribution in [0, 0.1) is 18.3 Å². The molecule has 0 amide bonds. The van der Waals surface area contributed by atoms with Crippen LogP contribution in [0.5, 0.6) is 0 Å². The van der Waals surface area contributed by atoms with Crippen LogP contribution in [0.4, 0.5) is 0 Å². The predicted molar refractivity (Wildman–Crippen MR) is 35.7 cm³/mol. The molecule has 0 saturated carbocycles. The summed E-state index contributed by atoms with van der Waals surface area (Å²) in [6, 6.07) is 1.95. The minimum atomic E-state index is 0.319. The van der Waals surface area contributed by atoms with Crippen molar-refractivity contribution < 1.29 is 8.83 Å². The Morgan fingerprint density at radius 2 is 2.45 bits per heavy atom. The van der Waals surface area contributed by atoms with Crippen LogP contribution in [-0.2, 0) is 0 Å². The van der Waals surface area contributed by atoms with Gasteiger partial charge in [0.1, 0.15) is 17.9 Å². The number of aryl methyl sites for hydroxylation is 1. The Balaban J connectivity index is 2.86. The smallest absolute Gasteiger partial charge is 0.319 e. The van der Waals surface area contributed by atoms with Gasteiger partial charge >= 0.3 is 5.78 Å². The normalized spacial score (nSPS) is 10.2. The number of nitrogens with zero attached hydrogens (tertiary/aromatic N) is 2. The van der Waals surface area contributed by atoms with Gasteiger partial charge in [-0.15, -0.1) is 0 Å². The van der Waals surface area contributed by atoms with Crippen LogP contribution in [0.25, 0.3) is 11.3 Å². The van der Waals surface area contributed by atoms with Crippen LogP contribution in [0.3, 0.4) is 0 Å². The van der Waals surface area contributed by atoms with Gasteiger partial charge in [-0.1, -0.05) is 0 Å². The van der Waals surface area contributed by atoms with E-state index in [1.807, 2.05) is 6.07 Å². The fraction of sp³-hybridized carbons (Fsp3) is 0.143. The summed E-state index contributed by atoms with van der Waals surface area (Å²) in [5, 5.41) is 8.54. The lowest BCUT2D eigenvalue weighted by Gasteiger charge is -1.73. The highest BCUT2D eigenvalue weighted by atomic mass is 16.5. The molecule has 0 aliphatic carbocycles. The molecule has 4 heteroatoms. The maximum atomic E-state index is 8.54. The summed E-state index contributed by atoms with van der Waals surface area (Å²) >= 11 is 0. The van der Waals surface area contributed by atoms with Crippen molar-refractivity contribution in [1.29, 1.82) is 5.26 Å². The van der Waals surface area contributed by atoms with Crippen molar-refractivity contribution in [1.82, 2.24) is 4.98 Å². The Morgan fingerprint density at radius 3 is 3.18 bits per heavy atom. The second kappa shape index (κ2) is 1.86. The van der Waals surface area contributed by atoms with E-state index in [0.29, 0.717) is 22.8 Å². The summed E-state index contributed by atoms with van der Waals surface area (Å²) in [6.45, 7) is 1.71. The molecule has 11 heavy (non-hydrogen) atoms. The fourth-order valence-corrected chi connectivity index (χ4v) is 0.906. The van der Waals surface area contributed by atoms with Gasteiger partial charge in [-0.05, 0) is 0 Å². The summed E-state index contributed by atoms with van der Waals surface area (Å²) < 4.78 is 9.93. The van der Waals surface area contributed by atoms with Crippen LogP contribution >= 0.6 is 0 Å². The van der Waals surface area contributed by atoms with E-state index in [4.69, 9.17) is 14.1 Å². The van der Waals surface area contributed by atoms with Gasteiger partial charge in [0.15, 0.2) is 11.4 Å². The number of hydrogen-bond acceptors (Lipinski definition) is 4. The van der Waals surface area contributed by atoms with Crippen molar-refractivity contribution in [3.63, 3.8) is 0 Å². The van der Waals surface area contributed by atoms with Crippen LogP contribution in [-0.4, -0.2) is 4.98 Å². The minimum absolute atomic E-state index is 0.319. The van der Waals surface area contributed by atoms with Crippen molar-refractivity contribution in [3.05, 3.63) is 17.7 Å². The quantitative estimate of drug-likeness (QED) is 0.569. The van der Waals surface area contributed by atoms with E-state index >= 15 is 0 Å². The third kappa shape index (κ3) is 0.711. The van der Waals surface area contributed by atoms with E-state index in [2.05, 4.69) is 4.98 Å². The first-order chi connectivity index (χ1) is 5.31. The molecule has 2 aromatic rings. The molecule has 2 aromatic heterocycles. The average molecular weight is 148 g/mol. The van der Waals surface area contributed by atoms with Gasteiger partial charge in [0.05, 0.1) is 0 Å². The van der Waals surface area contributed by atoms with E-state index in [1.54, 1.807) is 6.92 Å². The van der Waals surface area contributed by atoms with Gasteiger partial charge in [-0.3, -0.25) is 0 Å². The highest BCUT2D eigenvalue weighted by molar-refractivity contribution is 5.74. The molecule has 4 nitrogen and oxygen atoms in total. The highest BCUT2D eigenvalue weighted by Gasteiger charge is 2.10. The second-order valence-electron chi connectivity index (χ2n) is 2.13. The summed E-state index contributed by atoms with van der Waals surface area (Å²) in [6.07, 6.45) is 1.33. The zero-order valence-electron chi connectivity index (χ0n) is 5.79. The number of furan rings is 1. The van der Waals surface area contributed by atoms with Gasteiger partial charge in [-0.25, -0.2) is 4.98 Å². The molecular weight excluding hydrogens is 144 g/mol. The Hall–Kier alpha value is -1.76. The van der Waals surface area contributed by atoms with Gasteiger partial charge in [-0.2, -0.15) is 5.26 Å². The van der Waals surface area contributed by atoms with Gasteiger partial charge in [0.2, 0.25) is 0 Å². The number of rotatable bonds is 0. The first-order valence-electron chi connectivity index (χ1n) is 3.06. The topological polar surface area (TPSA) is 63.0 Å². The standard InChI is InChI=1S/C7H4N2O2/c1-4-9-6-5(2-8)3-10-7(6)11-4/h3H,1H3. The van der Waals surface area contributed by atoms with Crippen molar-refractivity contribution in [2.75, 3.05) is 0 Å². The molecule has 0 aliphatic heterocycles. The maximum absolute atomic E-state index is 8.54. The maximum Gasteiger partial charge on any atom is 0.319 e. The third-order valence-corrected chi connectivity index (χ3v) is 1.36. The molecule has 2 heterocycles. The number of aromatic nitrogens is 1. The van der Waals surface area contributed by atoms with Gasteiger partial charge in [0.25, 0.3) is 0 Å². The summed E-state index contributed by atoms with van der Waals surface area (Å²) in [7, 11) is 0. The van der Waals surface area contributed by atoms with E-state index in [0.717, 1.165) is 0 Å². The van der Waals surface area contributed by atoms with E-state index in [1.165, 1.54) is 6.26 Å². The average Bonchev–Trinajstić information content (AvgIpc) is 2.45. The molecule has 0 saturated heterocycles. The first kappa shape index (κ1) is 5.98. The summed E-state index contributed by atoms with van der Waals surface area (Å²) in [5.74, 6) is 0.829.